The molecule has 1 amide bonds. The number of aromatic nitrogens is 1. The molecule has 1 aromatic heterocycles. The lowest BCUT2D eigenvalue weighted by atomic mass is 9.77. The van der Waals surface area contributed by atoms with E-state index in [4.69, 9.17) is 0 Å². The molecule has 2 aromatic rings. The number of fused-ring (bicyclic) bond motifs is 1. The predicted molar refractivity (Wildman–Crippen MR) is 104 cm³/mol. The molecule has 2 aliphatic carbocycles. The molecule has 5 rings (SSSR count). The minimum atomic E-state index is -0.285. The second-order valence-electron chi connectivity index (χ2n) is 8.26. The van der Waals surface area contributed by atoms with Crippen LogP contribution in [0.5, 0.6) is 0 Å². The first-order valence-corrected chi connectivity index (χ1v) is 9.71. The number of pyridine rings is 1. The smallest absolute Gasteiger partial charge is 0.253 e. The van der Waals surface area contributed by atoms with Crippen LogP contribution in [0, 0.1) is 11.2 Å². The van der Waals surface area contributed by atoms with Gasteiger partial charge in [0.2, 0.25) is 0 Å². The Balaban J connectivity index is 1.39. The lowest BCUT2D eigenvalue weighted by molar-refractivity contribution is -0.119. The van der Waals surface area contributed by atoms with E-state index in [0.717, 1.165) is 18.4 Å². The minimum Gasteiger partial charge on any atom is -0.507 e. The molecule has 28 heavy (non-hydrogen) atoms. The Labute approximate surface area is 162 Å². The number of aliphatic hydroxyl groups is 1. The van der Waals surface area contributed by atoms with E-state index in [-0.39, 0.29) is 30.1 Å². The molecule has 2 N–H and O–H groups in total. The second-order valence-corrected chi connectivity index (χ2v) is 8.26. The molecule has 144 valence electrons. The molecule has 6 heteroatoms. The first kappa shape index (κ1) is 17.2. The fraction of sp³-hybridized carbons (Fsp3) is 0.364. The number of rotatable bonds is 4. The Morgan fingerprint density at radius 1 is 1.25 bits per heavy atom. The number of nitrogens with one attached hydrogen (secondary N) is 1. The van der Waals surface area contributed by atoms with Crippen LogP contribution < -0.4 is 10.2 Å². The summed E-state index contributed by atoms with van der Waals surface area (Å²) >= 11 is 0. The number of halogens is 1. The summed E-state index contributed by atoms with van der Waals surface area (Å²) in [6.45, 7) is 0.734. The summed E-state index contributed by atoms with van der Waals surface area (Å²) < 4.78 is 13.2. The van der Waals surface area contributed by atoms with Gasteiger partial charge in [-0.3, -0.25) is 4.79 Å². The molecular formula is C22H22FN3O2. The standard InChI is InChI=1S/C22H22FN3O2/c23-15-5-3-14(4-6-15)12-26-13-18(19(27)17-2-1-9-24-20(17)26)21(28)25-16-10-22(11-16)7-8-22/h1-6,9,16,27H,7-8,10-13H2,(H,25,28). The van der Waals surface area contributed by atoms with Gasteiger partial charge in [0.25, 0.3) is 5.91 Å². The van der Waals surface area contributed by atoms with Crippen LogP contribution in [0.4, 0.5) is 10.2 Å². The molecule has 1 spiro atoms. The van der Waals surface area contributed by atoms with Crippen molar-refractivity contribution in [1.29, 1.82) is 0 Å². The summed E-state index contributed by atoms with van der Waals surface area (Å²) in [5.41, 5.74) is 2.33. The molecule has 2 heterocycles. The molecule has 1 aliphatic heterocycles. The van der Waals surface area contributed by atoms with Gasteiger partial charge in [-0.15, -0.1) is 0 Å². The van der Waals surface area contributed by atoms with Gasteiger partial charge in [-0.2, -0.15) is 0 Å². The summed E-state index contributed by atoms with van der Waals surface area (Å²) in [5.74, 6) is 0.127. The number of amides is 1. The molecule has 0 saturated heterocycles. The highest BCUT2D eigenvalue weighted by atomic mass is 19.1. The Morgan fingerprint density at radius 3 is 2.71 bits per heavy atom. The summed E-state index contributed by atoms with van der Waals surface area (Å²) in [6.07, 6.45) is 6.31. The molecule has 3 aliphatic rings. The molecule has 0 bridgehead atoms. The van der Waals surface area contributed by atoms with Crippen LogP contribution in [0.2, 0.25) is 0 Å². The Hall–Kier alpha value is -2.89. The Kier molecular flexibility index (Phi) is 3.89. The van der Waals surface area contributed by atoms with Crippen molar-refractivity contribution < 1.29 is 14.3 Å². The highest BCUT2D eigenvalue weighted by Crippen LogP contribution is 2.60. The SMILES string of the molecule is O=C(NC1CC2(CC2)C1)C1=C(O)c2cccnc2N(Cc2ccc(F)cc2)C1. The van der Waals surface area contributed by atoms with Crippen LogP contribution in [0.1, 0.15) is 36.8 Å². The predicted octanol–water partition coefficient (Wildman–Crippen LogP) is 3.57. The van der Waals surface area contributed by atoms with E-state index in [1.165, 1.54) is 25.0 Å². The summed E-state index contributed by atoms with van der Waals surface area (Å²) in [5, 5.41) is 13.8. The van der Waals surface area contributed by atoms with Crippen LogP contribution in [0.15, 0.2) is 48.2 Å². The van der Waals surface area contributed by atoms with Gasteiger partial charge in [-0.25, -0.2) is 9.37 Å². The largest absolute Gasteiger partial charge is 0.507 e. The molecule has 0 atom stereocenters. The van der Waals surface area contributed by atoms with Crippen LogP contribution in [0.25, 0.3) is 5.76 Å². The number of nitrogens with zero attached hydrogens (tertiary/aromatic N) is 2. The van der Waals surface area contributed by atoms with Gasteiger partial charge in [0.05, 0.1) is 17.7 Å². The first-order valence-electron chi connectivity index (χ1n) is 9.71. The molecule has 1 aromatic carbocycles. The minimum absolute atomic E-state index is 0.00332. The third kappa shape index (κ3) is 3.03. The number of carbonyl (C=O) groups excluding carboxylic acids is 1. The number of aliphatic hydroxyl groups excluding tert-OH is 1. The van der Waals surface area contributed by atoms with Crippen molar-refractivity contribution in [2.45, 2.75) is 38.3 Å². The molecule has 2 saturated carbocycles. The molecule has 5 nitrogen and oxygen atoms in total. The summed E-state index contributed by atoms with van der Waals surface area (Å²) in [7, 11) is 0. The highest BCUT2D eigenvalue weighted by molar-refractivity contribution is 6.03. The van der Waals surface area contributed by atoms with Gasteiger partial charge in [0.1, 0.15) is 17.4 Å². The van der Waals surface area contributed by atoms with Crippen molar-refractivity contribution >= 4 is 17.5 Å². The van der Waals surface area contributed by atoms with Crippen molar-refractivity contribution in [3.8, 4) is 0 Å². The average Bonchev–Trinajstić information content (AvgIpc) is 3.46. The normalized spacial score (nSPS) is 20.0. The van der Waals surface area contributed by atoms with Gasteiger partial charge in [0.15, 0.2) is 0 Å². The van der Waals surface area contributed by atoms with Gasteiger partial charge in [-0.1, -0.05) is 12.1 Å². The molecule has 2 fully saturated rings. The molecule has 0 radical (unpaired) electrons. The molecule has 0 unspecified atom stereocenters. The van der Waals surface area contributed by atoms with E-state index in [1.54, 1.807) is 30.5 Å². The third-order valence-corrected chi connectivity index (χ3v) is 6.19. The maximum absolute atomic E-state index is 13.2. The van der Waals surface area contributed by atoms with E-state index in [0.29, 0.717) is 28.9 Å². The van der Waals surface area contributed by atoms with E-state index in [2.05, 4.69) is 10.3 Å². The zero-order valence-electron chi connectivity index (χ0n) is 15.5. The second kappa shape index (κ2) is 6.33. The van der Waals surface area contributed by atoms with Crippen LogP contribution in [-0.2, 0) is 11.3 Å². The topological polar surface area (TPSA) is 65.5 Å². The van der Waals surface area contributed by atoms with E-state index < -0.39 is 0 Å². The quantitative estimate of drug-likeness (QED) is 0.852. The highest BCUT2D eigenvalue weighted by Gasteiger charge is 2.53. The van der Waals surface area contributed by atoms with E-state index >= 15 is 0 Å². The van der Waals surface area contributed by atoms with Gasteiger partial charge < -0.3 is 15.3 Å². The molecular weight excluding hydrogens is 357 g/mol. The lowest BCUT2D eigenvalue weighted by Gasteiger charge is -2.37. The van der Waals surface area contributed by atoms with Crippen LogP contribution in [0.3, 0.4) is 0 Å². The Morgan fingerprint density at radius 2 is 2.00 bits per heavy atom. The van der Waals surface area contributed by atoms with Crippen molar-refractivity contribution in [2.75, 3.05) is 11.4 Å². The van der Waals surface area contributed by atoms with Gasteiger partial charge in [0, 0.05) is 18.8 Å². The van der Waals surface area contributed by atoms with Crippen molar-refractivity contribution in [2.24, 2.45) is 5.41 Å². The summed E-state index contributed by atoms with van der Waals surface area (Å²) in [4.78, 5) is 19.2. The van der Waals surface area contributed by atoms with E-state index in [1.807, 2.05) is 4.90 Å². The van der Waals surface area contributed by atoms with Crippen molar-refractivity contribution in [3.63, 3.8) is 0 Å². The monoisotopic (exact) mass is 379 g/mol. The first-order chi connectivity index (χ1) is 13.5. The number of anilines is 1. The number of carbonyl (C=O) groups is 1. The Bertz CT molecular complexity index is 958. The fourth-order valence-electron chi connectivity index (χ4n) is 4.40. The van der Waals surface area contributed by atoms with Gasteiger partial charge in [-0.05, 0) is 60.9 Å². The zero-order chi connectivity index (χ0) is 19.3. The average molecular weight is 379 g/mol. The number of hydrogen-bond acceptors (Lipinski definition) is 4. The van der Waals surface area contributed by atoms with Crippen molar-refractivity contribution in [3.05, 3.63) is 65.1 Å². The third-order valence-electron chi connectivity index (χ3n) is 6.19. The van der Waals surface area contributed by atoms with Crippen LogP contribution in [-0.4, -0.2) is 28.6 Å². The zero-order valence-corrected chi connectivity index (χ0v) is 15.5. The van der Waals surface area contributed by atoms with Crippen molar-refractivity contribution in [1.82, 2.24) is 10.3 Å². The fourth-order valence-corrected chi connectivity index (χ4v) is 4.40. The maximum atomic E-state index is 13.2. The van der Waals surface area contributed by atoms with Gasteiger partial charge >= 0.3 is 0 Å². The van der Waals surface area contributed by atoms with Crippen LogP contribution >= 0.6 is 0 Å². The lowest BCUT2D eigenvalue weighted by Crippen LogP contribution is -2.47. The number of hydrogen-bond donors (Lipinski definition) is 2. The summed E-state index contributed by atoms with van der Waals surface area (Å²) in [6, 6.07) is 10.0. The number of benzene rings is 1. The van der Waals surface area contributed by atoms with E-state index in [9.17, 15) is 14.3 Å². The maximum Gasteiger partial charge on any atom is 0.253 e.